The van der Waals surface area contributed by atoms with Crippen LogP contribution in [0.5, 0.6) is 11.5 Å². The van der Waals surface area contributed by atoms with Gasteiger partial charge >= 0.3 is 0 Å². The molecule has 3 nitrogen and oxygen atoms in total. The predicted octanol–water partition coefficient (Wildman–Crippen LogP) is 6.02. The minimum Gasteiger partial charge on any atom is -0.493 e. The van der Waals surface area contributed by atoms with E-state index in [0.29, 0.717) is 0 Å². The molecule has 0 bridgehead atoms. The number of nitrogens with zero attached hydrogens (tertiary/aromatic N) is 1. The summed E-state index contributed by atoms with van der Waals surface area (Å²) in [6, 6.07) is 22.9. The maximum atomic E-state index is 6.35. The van der Waals surface area contributed by atoms with Gasteiger partial charge in [-0.05, 0) is 52.9 Å². The van der Waals surface area contributed by atoms with Gasteiger partial charge in [0, 0.05) is 18.1 Å². The zero-order valence-electron chi connectivity index (χ0n) is 17.3. The average Bonchev–Trinajstić information content (AvgIpc) is 2.78. The van der Waals surface area contributed by atoms with Crippen LogP contribution in [0.2, 0.25) is 5.02 Å². The number of halogens is 1. The lowest BCUT2D eigenvalue weighted by molar-refractivity contribution is 0.236. The minimum absolute atomic E-state index is 0.104. The minimum atomic E-state index is 0.104. The van der Waals surface area contributed by atoms with Gasteiger partial charge in [-0.1, -0.05) is 66.2 Å². The van der Waals surface area contributed by atoms with Crippen LogP contribution >= 0.6 is 11.6 Å². The first-order valence-electron chi connectivity index (χ1n) is 10.2. The second-order valence-electron chi connectivity index (χ2n) is 7.42. The highest BCUT2D eigenvalue weighted by Gasteiger charge is 2.30. The van der Waals surface area contributed by atoms with Crippen molar-refractivity contribution >= 4 is 17.7 Å². The van der Waals surface area contributed by atoms with Crippen LogP contribution in [0.1, 0.15) is 28.3 Å². The van der Waals surface area contributed by atoms with E-state index in [0.717, 1.165) is 36.0 Å². The topological polar surface area (TPSA) is 21.7 Å². The van der Waals surface area contributed by atoms with E-state index in [1.54, 1.807) is 14.2 Å². The highest BCUT2D eigenvalue weighted by Crippen LogP contribution is 2.41. The average molecular weight is 420 g/mol. The van der Waals surface area contributed by atoms with Crippen LogP contribution in [0, 0.1) is 0 Å². The van der Waals surface area contributed by atoms with E-state index in [9.17, 15) is 0 Å². The molecule has 1 aliphatic heterocycles. The molecule has 4 heteroatoms. The van der Waals surface area contributed by atoms with Gasteiger partial charge in [0.15, 0.2) is 11.5 Å². The molecule has 0 spiro atoms. The summed E-state index contributed by atoms with van der Waals surface area (Å²) in [6.07, 6.45) is 5.38. The first-order chi connectivity index (χ1) is 14.7. The number of ether oxygens (including phenoxy) is 2. The smallest absolute Gasteiger partial charge is 0.161 e. The van der Waals surface area contributed by atoms with E-state index in [2.05, 4.69) is 65.6 Å². The maximum absolute atomic E-state index is 6.35. The molecule has 154 valence electrons. The Bertz CT molecular complexity index is 1030. The van der Waals surface area contributed by atoms with E-state index in [-0.39, 0.29) is 6.04 Å². The molecule has 0 aromatic heterocycles. The SMILES string of the molecule is COc1cc2c(cc1OC)C(c1cccc(Cl)c1)N(CC=Cc1ccccc1)CC2. The molecule has 1 aliphatic rings. The number of benzene rings is 3. The molecule has 0 aliphatic carbocycles. The maximum Gasteiger partial charge on any atom is 0.161 e. The summed E-state index contributed by atoms with van der Waals surface area (Å²) in [5.41, 5.74) is 4.93. The molecule has 1 unspecified atom stereocenters. The van der Waals surface area contributed by atoms with Gasteiger partial charge in [-0.15, -0.1) is 0 Å². The predicted molar refractivity (Wildman–Crippen MR) is 124 cm³/mol. The van der Waals surface area contributed by atoms with E-state index in [1.807, 2.05) is 18.2 Å². The zero-order chi connectivity index (χ0) is 20.9. The molecule has 0 N–H and O–H groups in total. The Kier molecular flexibility index (Phi) is 6.41. The summed E-state index contributed by atoms with van der Waals surface area (Å²) in [4.78, 5) is 2.49. The standard InChI is InChI=1S/C26H26ClNO2/c1-29-24-17-20-13-15-28(14-7-10-19-8-4-3-5-9-19)26(23(20)18-25(24)30-2)21-11-6-12-22(27)16-21/h3-12,16-18,26H,13-15H2,1-2H3. The van der Waals surface area contributed by atoms with Crippen molar-refractivity contribution in [3.8, 4) is 11.5 Å². The third kappa shape index (κ3) is 4.38. The van der Waals surface area contributed by atoms with Gasteiger partial charge < -0.3 is 9.47 Å². The zero-order valence-corrected chi connectivity index (χ0v) is 18.1. The fourth-order valence-electron chi connectivity index (χ4n) is 4.15. The second kappa shape index (κ2) is 9.38. The number of rotatable bonds is 6. The molecule has 0 fully saturated rings. The normalized spacial score (nSPS) is 16.4. The molecule has 3 aromatic rings. The second-order valence-corrected chi connectivity index (χ2v) is 7.86. The Hall–Kier alpha value is -2.75. The van der Waals surface area contributed by atoms with Crippen LogP contribution < -0.4 is 9.47 Å². The summed E-state index contributed by atoms with van der Waals surface area (Å²) in [5, 5.41) is 0.750. The van der Waals surface area contributed by atoms with Gasteiger partial charge in [0.05, 0.1) is 20.3 Å². The summed E-state index contributed by atoms with van der Waals surface area (Å²) in [6.45, 7) is 1.80. The molecule has 0 saturated heterocycles. The van der Waals surface area contributed by atoms with Crippen molar-refractivity contribution in [2.24, 2.45) is 0 Å². The molecule has 1 atom stereocenters. The van der Waals surface area contributed by atoms with Crippen LogP contribution in [0.4, 0.5) is 0 Å². The Labute approximate surface area is 183 Å². The molecule has 0 amide bonds. The summed E-state index contributed by atoms with van der Waals surface area (Å²) in [7, 11) is 3.37. The number of hydrogen-bond acceptors (Lipinski definition) is 3. The van der Waals surface area contributed by atoms with Gasteiger partial charge in [-0.3, -0.25) is 4.90 Å². The molecular weight excluding hydrogens is 394 g/mol. The van der Waals surface area contributed by atoms with Crippen molar-refractivity contribution in [3.63, 3.8) is 0 Å². The van der Waals surface area contributed by atoms with Crippen molar-refractivity contribution in [1.29, 1.82) is 0 Å². The summed E-state index contributed by atoms with van der Waals surface area (Å²) in [5.74, 6) is 1.53. The quantitative estimate of drug-likeness (QED) is 0.487. The van der Waals surface area contributed by atoms with Crippen LogP contribution in [0.25, 0.3) is 6.08 Å². The van der Waals surface area contributed by atoms with Gasteiger partial charge in [0.1, 0.15) is 0 Å². The van der Waals surface area contributed by atoms with E-state index < -0.39 is 0 Å². The molecule has 1 heterocycles. The van der Waals surface area contributed by atoms with Crippen molar-refractivity contribution in [2.75, 3.05) is 27.3 Å². The third-order valence-corrected chi connectivity index (χ3v) is 5.82. The fraction of sp³-hybridized carbons (Fsp3) is 0.231. The summed E-state index contributed by atoms with van der Waals surface area (Å²) < 4.78 is 11.1. The van der Waals surface area contributed by atoms with E-state index >= 15 is 0 Å². The number of hydrogen-bond donors (Lipinski definition) is 0. The fourth-order valence-corrected chi connectivity index (χ4v) is 4.35. The summed E-state index contributed by atoms with van der Waals surface area (Å²) >= 11 is 6.35. The van der Waals surface area contributed by atoms with Crippen LogP contribution in [-0.4, -0.2) is 32.2 Å². The van der Waals surface area contributed by atoms with Gasteiger partial charge in [0.25, 0.3) is 0 Å². The Balaban J connectivity index is 1.71. The van der Waals surface area contributed by atoms with E-state index in [1.165, 1.54) is 22.3 Å². The van der Waals surface area contributed by atoms with Crippen LogP contribution in [0.15, 0.2) is 72.8 Å². The molecule has 0 saturated carbocycles. The Morgan fingerprint density at radius 3 is 2.47 bits per heavy atom. The lowest BCUT2D eigenvalue weighted by atomic mass is 9.87. The van der Waals surface area contributed by atoms with Crippen molar-refractivity contribution in [1.82, 2.24) is 4.90 Å². The van der Waals surface area contributed by atoms with Crippen LogP contribution in [0.3, 0.4) is 0 Å². The van der Waals surface area contributed by atoms with Gasteiger partial charge in [-0.2, -0.15) is 0 Å². The van der Waals surface area contributed by atoms with Crippen molar-refractivity contribution in [2.45, 2.75) is 12.5 Å². The lowest BCUT2D eigenvalue weighted by Crippen LogP contribution is -2.36. The van der Waals surface area contributed by atoms with Crippen molar-refractivity contribution < 1.29 is 9.47 Å². The Morgan fingerprint density at radius 2 is 1.73 bits per heavy atom. The van der Waals surface area contributed by atoms with Crippen molar-refractivity contribution in [3.05, 3.63) is 100 Å². The first kappa shape index (κ1) is 20.5. The Morgan fingerprint density at radius 1 is 0.967 bits per heavy atom. The number of fused-ring (bicyclic) bond motifs is 1. The monoisotopic (exact) mass is 419 g/mol. The van der Waals surface area contributed by atoms with Crippen LogP contribution in [-0.2, 0) is 6.42 Å². The molecule has 30 heavy (non-hydrogen) atoms. The first-order valence-corrected chi connectivity index (χ1v) is 10.5. The van der Waals surface area contributed by atoms with Gasteiger partial charge in [-0.25, -0.2) is 0 Å². The third-order valence-electron chi connectivity index (χ3n) is 5.59. The van der Waals surface area contributed by atoms with Gasteiger partial charge in [0.2, 0.25) is 0 Å². The molecule has 4 rings (SSSR count). The van der Waals surface area contributed by atoms with E-state index in [4.69, 9.17) is 21.1 Å². The number of methoxy groups -OCH3 is 2. The highest BCUT2D eigenvalue weighted by molar-refractivity contribution is 6.30. The lowest BCUT2D eigenvalue weighted by Gasteiger charge is -2.37. The largest absolute Gasteiger partial charge is 0.493 e. The molecule has 0 radical (unpaired) electrons. The highest BCUT2D eigenvalue weighted by atomic mass is 35.5. The molecule has 3 aromatic carbocycles. The molecular formula is C26H26ClNO2.